The number of piperidine rings is 1. The molecule has 3 nitrogen and oxygen atoms in total. The fourth-order valence-electron chi connectivity index (χ4n) is 2.21. The van der Waals surface area contributed by atoms with Crippen molar-refractivity contribution in [3.63, 3.8) is 0 Å². The van der Waals surface area contributed by atoms with Gasteiger partial charge in [0.25, 0.3) is 5.91 Å². The van der Waals surface area contributed by atoms with E-state index in [2.05, 4.69) is 27.9 Å². The maximum Gasteiger partial charge on any atom is 0.255 e. The highest BCUT2D eigenvalue weighted by atomic mass is 127. The molecule has 1 aromatic rings. The Morgan fingerprint density at radius 1 is 1.44 bits per heavy atom. The molecule has 0 spiro atoms. The molecule has 0 aromatic heterocycles. The number of amides is 1. The molecule has 2 rings (SSSR count). The summed E-state index contributed by atoms with van der Waals surface area (Å²) in [6.07, 6.45) is 2.01. The fourth-order valence-corrected chi connectivity index (χ4v) is 3.15. The minimum atomic E-state index is 0.0169. The van der Waals surface area contributed by atoms with Crippen molar-refractivity contribution in [2.45, 2.75) is 18.9 Å². The molecule has 1 aliphatic rings. The molecule has 1 saturated heterocycles. The topological polar surface area (TPSA) is 32.3 Å². The van der Waals surface area contributed by atoms with E-state index in [1.807, 2.05) is 30.1 Å². The van der Waals surface area contributed by atoms with Gasteiger partial charge in [-0.15, -0.1) is 0 Å². The van der Waals surface area contributed by atoms with Gasteiger partial charge in [0.1, 0.15) is 0 Å². The molecular formula is C13H16ClIN2O. The van der Waals surface area contributed by atoms with Gasteiger partial charge < -0.3 is 10.2 Å². The zero-order valence-corrected chi connectivity index (χ0v) is 13.2. The van der Waals surface area contributed by atoms with Gasteiger partial charge in [-0.05, 0) is 66.7 Å². The highest BCUT2D eigenvalue weighted by Crippen LogP contribution is 2.22. The first-order valence-electron chi connectivity index (χ1n) is 6.02. The average Bonchev–Trinajstić information content (AvgIpc) is 2.38. The van der Waals surface area contributed by atoms with Crippen molar-refractivity contribution < 1.29 is 4.79 Å². The van der Waals surface area contributed by atoms with Gasteiger partial charge in [0, 0.05) is 16.7 Å². The van der Waals surface area contributed by atoms with Crippen LogP contribution < -0.4 is 5.32 Å². The van der Waals surface area contributed by atoms with E-state index in [-0.39, 0.29) is 5.91 Å². The molecule has 0 saturated carbocycles. The van der Waals surface area contributed by atoms with Crippen LogP contribution in [-0.2, 0) is 0 Å². The molecule has 0 bridgehead atoms. The Kier molecular flexibility index (Phi) is 4.86. The van der Waals surface area contributed by atoms with Gasteiger partial charge in [-0.3, -0.25) is 4.79 Å². The summed E-state index contributed by atoms with van der Waals surface area (Å²) in [5.74, 6) is 0.0169. The van der Waals surface area contributed by atoms with Crippen LogP contribution in [0.3, 0.4) is 0 Å². The van der Waals surface area contributed by atoms with E-state index < -0.39 is 0 Å². The highest BCUT2D eigenvalue weighted by molar-refractivity contribution is 14.1. The largest absolute Gasteiger partial charge is 0.339 e. The first kappa shape index (κ1) is 14.1. The van der Waals surface area contributed by atoms with Crippen LogP contribution in [0, 0.1) is 3.57 Å². The van der Waals surface area contributed by atoms with Crippen LogP contribution in [-0.4, -0.2) is 37.0 Å². The standard InChI is InChI=1S/C13H16ClIN2O/c1-17(10-4-6-16-7-5-10)13(18)11-3-2-9(15)8-12(11)14/h2-3,8,10,16H,4-7H2,1H3. The fraction of sp³-hybridized carbons (Fsp3) is 0.462. The number of nitrogens with zero attached hydrogens (tertiary/aromatic N) is 1. The molecular weight excluding hydrogens is 363 g/mol. The Balaban J connectivity index is 2.14. The molecule has 0 aliphatic carbocycles. The van der Waals surface area contributed by atoms with E-state index in [1.165, 1.54) is 0 Å². The predicted octanol–water partition coefficient (Wildman–Crippen LogP) is 2.77. The van der Waals surface area contributed by atoms with E-state index in [4.69, 9.17) is 11.6 Å². The third-order valence-electron chi connectivity index (χ3n) is 3.34. The summed E-state index contributed by atoms with van der Waals surface area (Å²) in [7, 11) is 1.87. The third kappa shape index (κ3) is 3.16. The van der Waals surface area contributed by atoms with Gasteiger partial charge in [-0.25, -0.2) is 0 Å². The maximum atomic E-state index is 12.4. The van der Waals surface area contributed by atoms with Crippen molar-refractivity contribution in [2.75, 3.05) is 20.1 Å². The van der Waals surface area contributed by atoms with Crippen LogP contribution in [0.1, 0.15) is 23.2 Å². The SMILES string of the molecule is CN(C(=O)c1ccc(I)cc1Cl)C1CCNCC1. The Hall–Kier alpha value is -0.330. The number of benzene rings is 1. The quantitative estimate of drug-likeness (QED) is 0.803. The normalized spacial score (nSPS) is 16.6. The maximum absolute atomic E-state index is 12.4. The van der Waals surface area contributed by atoms with Gasteiger partial charge in [-0.2, -0.15) is 0 Å². The third-order valence-corrected chi connectivity index (χ3v) is 4.32. The van der Waals surface area contributed by atoms with Crippen molar-refractivity contribution in [3.8, 4) is 0 Å². The average molecular weight is 379 g/mol. The lowest BCUT2D eigenvalue weighted by Crippen LogP contribution is -2.44. The van der Waals surface area contributed by atoms with E-state index in [9.17, 15) is 4.79 Å². The number of hydrogen-bond acceptors (Lipinski definition) is 2. The summed E-state index contributed by atoms with van der Waals surface area (Å²) < 4.78 is 1.04. The molecule has 1 fully saturated rings. The Bertz CT molecular complexity index is 447. The van der Waals surface area contributed by atoms with E-state index >= 15 is 0 Å². The number of rotatable bonds is 2. The first-order valence-corrected chi connectivity index (χ1v) is 7.48. The molecule has 5 heteroatoms. The number of carbonyl (C=O) groups is 1. The van der Waals surface area contributed by atoms with Gasteiger partial charge >= 0.3 is 0 Å². The Morgan fingerprint density at radius 3 is 2.72 bits per heavy atom. The second kappa shape index (κ2) is 6.21. The summed E-state index contributed by atoms with van der Waals surface area (Å²) in [5, 5.41) is 3.84. The van der Waals surface area contributed by atoms with E-state index in [0.29, 0.717) is 16.6 Å². The predicted molar refractivity (Wildman–Crippen MR) is 82.2 cm³/mol. The summed E-state index contributed by atoms with van der Waals surface area (Å²) in [5.41, 5.74) is 0.595. The molecule has 1 aromatic carbocycles. The Morgan fingerprint density at radius 2 is 2.11 bits per heavy atom. The van der Waals surface area contributed by atoms with Crippen molar-refractivity contribution in [2.24, 2.45) is 0 Å². The highest BCUT2D eigenvalue weighted by Gasteiger charge is 2.24. The molecule has 0 radical (unpaired) electrons. The lowest BCUT2D eigenvalue weighted by atomic mass is 10.0. The minimum Gasteiger partial charge on any atom is -0.339 e. The molecule has 1 N–H and O–H groups in total. The van der Waals surface area contributed by atoms with Crippen molar-refractivity contribution in [1.29, 1.82) is 0 Å². The minimum absolute atomic E-state index is 0.0169. The lowest BCUT2D eigenvalue weighted by molar-refractivity contribution is 0.0703. The van der Waals surface area contributed by atoms with Crippen LogP contribution in [0.25, 0.3) is 0 Å². The molecule has 0 unspecified atom stereocenters. The summed E-state index contributed by atoms with van der Waals surface area (Å²) in [6, 6.07) is 5.86. The second-order valence-corrected chi connectivity index (χ2v) is 6.17. The zero-order chi connectivity index (χ0) is 13.1. The van der Waals surface area contributed by atoms with Crippen molar-refractivity contribution >= 4 is 40.1 Å². The zero-order valence-electron chi connectivity index (χ0n) is 10.2. The monoisotopic (exact) mass is 378 g/mol. The van der Waals surface area contributed by atoms with E-state index in [1.54, 1.807) is 0 Å². The molecule has 1 heterocycles. The molecule has 1 aliphatic heterocycles. The van der Waals surface area contributed by atoms with Gasteiger partial charge in [-0.1, -0.05) is 11.6 Å². The van der Waals surface area contributed by atoms with Gasteiger partial charge in [0.05, 0.1) is 10.6 Å². The van der Waals surface area contributed by atoms with Crippen LogP contribution in [0.15, 0.2) is 18.2 Å². The number of carbonyl (C=O) groups excluding carboxylic acids is 1. The Labute approximate surface area is 126 Å². The summed E-state index contributed by atoms with van der Waals surface area (Å²) >= 11 is 8.33. The van der Waals surface area contributed by atoms with Gasteiger partial charge in [0.2, 0.25) is 0 Å². The number of halogens is 2. The second-order valence-electron chi connectivity index (χ2n) is 4.52. The smallest absolute Gasteiger partial charge is 0.255 e. The van der Waals surface area contributed by atoms with Crippen LogP contribution >= 0.6 is 34.2 Å². The molecule has 98 valence electrons. The summed E-state index contributed by atoms with van der Waals surface area (Å²) in [6.45, 7) is 1.95. The number of hydrogen-bond donors (Lipinski definition) is 1. The van der Waals surface area contributed by atoms with Crippen molar-refractivity contribution in [3.05, 3.63) is 32.4 Å². The van der Waals surface area contributed by atoms with Crippen molar-refractivity contribution in [1.82, 2.24) is 10.2 Å². The molecule has 1 amide bonds. The first-order chi connectivity index (χ1) is 8.59. The molecule has 18 heavy (non-hydrogen) atoms. The van der Waals surface area contributed by atoms with Crippen LogP contribution in [0.2, 0.25) is 5.02 Å². The lowest BCUT2D eigenvalue weighted by Gasteiger charge is -2.31. The molecule has 0 atom stereocenters. The van der Waals surface area contributed by atoms with Gasteiger partial charge in [0.15, 0.2) is 0 Å². The van der Waals surface area contributed by atoms with Crippen LogP contribution in [0.5, 0.6) is 0 Å². The summed E-state index contributed by atoms with van der Waals surface area (Å²) in [4.78, 5) is 14.2. The van der Waals surface area contributed by atoms with E-state index in [0.717, 1.165) is 29.5 Å². The van der Waals surface area contributed by atoms with Crippen LogP contribution in [0.4, 0.5) is 0 Å². The number of nitrogens with one attached hydrogen (secondary N) is 1.